The normalized spacial score (nSPS) is 21.2. The van der Waals surface area contributed by atoms with E-state index in [-0.39, 0.29) is 16.8 Å². The molecule has 2 amide bonds. The van der Waals surface area contributed by atoms with Crippen molar-refractivity contribution in [1.82, 2.24) is 10.2 Å². The van der Waals surface area contributed by atoms with Crippen LogP contribution in [0.2, 0.25) is 0 Å². The quantitative estimate of drug-likeness (QED) is 0.851. The van der Waals surface area contributed by atoms with Crippen molar-refractivity contribution < 1.29 is 9.59 Å². The van der Waals surface area contributed by atoms with E-state index in [1.165, 1.54) is 0 Å². The van der Waals surface area contributed by atoms with E-state index in [1.807, 2.05) is 44.2 Å². The molecule has 102 valence electrons. The van der Waals surface area contributed by atoms with Crippen molar-refractivity contribution >= 4 is 24.1 Å². The maximum absolute atomic E-state index is 12.2. The second-order valence-corrected chi connectivity index (χ2v) is 6.61. The molecule has 1 aromatic rings. The van der Waals surface area contributed by atoms with Gasteiger partial charge in [0.25, 0.3) is 0 Å². The standard InChI is InChI=1S/C14H18N2O2S/c1-14(2)16(10-17)12(9-19-14)13(18)15-8-11-6-4-3-5-7-11/h3-7,10,12H,8-9H2,1-2H3,(H,15,18). The molecular formula is C14H18N2O2S. The van der Waals surface area contributed by atoms with Gasteiger partial charge in [-0.2, -0.15) is 0 Å². The Balaban J connectivity index is 1.95. The van der Waals surface area contributed by atoms with Crippen LogP contribution < -0.4 is 5.32 Å². The molecule has 0 aromatic heterocycles. The molecule has 0 radical (unpaired) electrons. The fourth-order valence-electron chi connectivity index (χ4n) is 2.12. The maximum atomic E-state index is 12.2. The summed E-state index contributed by atoms with van der Waals surface area (Å²) in [6.45, 7) is 4.40. The molecule has 2 rings (SSSR count). The van der Waals surface area contributed by atoms with Gasteiger partial charge in [-0.25, -0.2) is 0 Å². The molecule has 1 saturated heterocycles. The molecule has 0 saturated carbocycles. The third-order valence-corrected chi connectivity index (χ3v) is 4.68. The van der Waals surface area contributed by atoms with Crippen LogP contribution in [0.4, 0.5) is 0 Å². The molecule has 1 fully saturated rings. The number of carbonyl (C=O) groups is 2. The Morgan fingerprint density at radius 2 is 2.16 bits per heavy atom. The van der Waals surface area contributed by atoms with Crippen LogP contribution in [0.25, 0.3) is 0 Å². The van der Waals surface area contributed by atoms with Gasteiger partial charge in [0, 0.05) is 12.3 Å². The van der Waals surface area contributed by atoms with Gasteiger partial charge in [-0.15, -0.1) is 11.8 Å². The molecule has 19 heavy (non-hydrogen) atoms. The van der Waals surface area contributed by atoms with Crippen molar-refractivity contribution in [2.45, 2.75) is 31.3 Å². The largest absolute Gasteiger partial charge is 0.350 e. The molecule has 0 spiro atoms. The summed E-state index contributed by atoms with van der Waals surface area (Å²) >= 11 is 1.62. The molecular weight excluding hydrogens is 260 g/mol. The third-order valence-electron chi connectivity index (χ3n) is 3.28. The Hall–Kier alpha value is -1.49. The van der Waals surface area contributed by atoms with Crippen LogP contribution in [0.15, 0.2) is 30.3 Å². The summed E-state index contributed by atoms with van der Waals surface area (Å²) in [4.78, 5) is 24.6. The second-order valence-electron chi connectivity index (χ2n) is 4.99. The third kappa shape index (κ3) is 3.10. The van der Waals surface area contributed by atoms with Gasteiger partial charge in [-0.1, -0.05) is 30.3 Å². The molecule has 1 aliphatic heterocycles. The zero-order valence-corrected chi connectivity index (χ0v) is 11.9. The summed E-state index contributed by atoms with van der Waals surface area (Å²) in [6, 6.07) is 9.37. The Morgan fingerprint density at radius 3 is 2.79 bits per heavy atom. The van der Waals surface area contributed by atoms with E-state index < -0.39 is 0 Å². The fraction of sp³-hybridized carbons (Fsp3) is 0.429. The SMILES string of the molecule is CC1(C)SCC(C(=O)NCc2ccccc2)N1C=O. The predicted molar refractivity (Wildman–Crippen MR) is 76.5 cm³/mol. The first-order valence-electron chi connectivity index (χ1n) is 6.24. The first-order chi connectivity index (χ1) is 9.04. The number of carbonyl (C=O) groups excluding carboxylic acids is 2. The molecule has 5 heteroatoms. The van der Waals surface area contributed by atoms with Gasteiger partial charge >= 0.3 is 0 Å². The lowest BCUT2D eigenvalue weighted by atomic mass is 10.2. The molecule has 1 aromatic carbocycles. The van der Waals surface area contributed by atoms with Gasteiger partial charge in [-0.05, 0) is 19.4 Å². The first-order valence-corrected chi connectivity index (χ1v) is 7.22. The number of rotatable bonds is 4. The number of hydrogen-bond acceptors (Lipinski definition) is 3. The lowest BCUT2D eigenvalue weighted by molar-refractivity contribution is -0.133. The van der Waals surface area contributed by atoms with Crippen molar-refractivity contribution in [3.63, 3.8) is 0 Å². The summed E-state index contributed by atoms with van der Waals surface area (Å²) in [5.74, 6) is 0.556. The average molecular weight is 278 g/mol. The van der Waals surface area contributed by atoms with E-state index in [2.05, 4.69) is 5.32 Å². The second kappa shape index (κ2) is 5.65. The van der Waals surface area contributed by atoms with Crippen LogP contribution in [-0.2, 0) is 16.1 Å². The lowest BCUT2D eigenvalue weighted by Gasteiger charge is -2.30. The van der Waals surface area contributed by atoms with Gasteiger partial charge in [0.15, 0.2) is 0 Å². The number of nitrogens with zero attached hydrogens (tertiary/aromatic N) is 1. The van der Waals surface area contributed by atoms with Crippen molar-refractivity contribution in [3.8, 4) is 0 Å². The van der Waals surface area contributed by atoms with Gasteiger partial charge in [-0.3, -0.25) is 9.59 Å². The van der Waals surface area contributed by atoms with Gasteiger partial charge in [0.1, 0.15) is 6.04 Å². The van der Waals surface area contributed by atoms with Crippen molar-refractivity contribution in [1.29, 1.82) is 0 Å². The van der Waals surface area contributed by atoms with E-state index in [1.54, 1.807) is 16.7 Å². The molecule has 0 bridgehead atoms. The molecule has 1 N–H and O–H groups in total. The maximum Gasteiger partial charge on any atom is 0.243 e. The minimum atomic E-state index is -0.374. The number of nitrogens with one attached hydrogen (secondary N) is 1. The molecule has 4 nitrogen and oxygen atoms in total. The van der Waals surface area contributed by atoms with E-state index in [0.29, 0.717) is 12.3 Å². The summed E-state index contributed by atoms with van der Waals surface area (Å²) in [5.41, 5.74) is 1.05. The average Bonchev–Trinajstić information content (AvgIpc) is 2.72. The van der Waals surface area contributed by atoms with Crippen molar-refractivity contribution in [2.24, 2.45) is 0 Å². The Bertz CT molecular complexity index is 462. The minimum absolute atomic E-state index is 0.0889. The van der Waals surface area contributed by atoms with Crippen molar-refractivity contribution in [2.75, 3.05) is 5.75 Å². The van der Waals surface area contributed by atoms with Crippen LogP contribution in [-0.4, -0.2) is 33.9 Å². The Kier molecular flexibility index (Phi) is 4.14. The summed E-state index contributed by atoms with van der Waals surface area (Å²) < 4.78 is 0. The lowest BCUT2D eigenvalue weighted by Crippen LogP contribution is -2.49. The molecule has 1 heterocycles. The minimum Gasteiger partial charge on any atom is -0.350 e. The number of hydrogen-bond donors (Lipinski definition) is 1. The van der Waals surface area contributed by atoms with Crippen LogP contribution >= 0.6 is 11.8 Å². The molecule has 0 aliphatic carbocycles. The number of thioether (sulfide) groups is 1. The first kappa shape index (κ1) is 13.9. The predicted octanol–water partition coefficient (Wildman–Crippen LogP) is 1.61. The highest BCUT2D eigenvalue weighted by Crippen LogP contribution is 2.37. The van der Waals surface area contributed by atoms with Crippen molar-refractivity contribution in [3.05, 3.63) is 35.9 Å². The Morgan fingerprint density at radius 1 is 1.47 bits per heavy atom. The summed E-state index contributed by atoms with van der Waals surface area (Å²) in [5, 5.41) is 2.89. The van der Waals surface area contributed by atoms with E-state index >= 15 is 0 Å². The zero-order valence-electron chi connectivity index (χ0n) is 11.1. The monoisotopic (exact) mass is 278 g/mol. The van der Waals surface area contributed by atoms with Gasteiger partial charge in [0.2, 0.25) is 12.3 Å². The molecule has 1 atom stereocenters. The summed E-state index contributed by atoms with van der Waals surface area (Å²) in [7, 11) is 0. The number of amides is 2. The van der Waals surface area contributed by atoms with Gasteiger partial charge in [0.05, 0.1) is 4.87 Å². The summed E-state index contributed by atoms with van der Waals surface area (Å²) in [6.07, 6.45) is 0.771. The Labute approximate surface area is 117 Å². The van der Waals surface area contributed by atoms with E-state index in [0.717, 1.165) is 12.0 Å². The molecule has 1 aliphatic rings. The zero-order chi connectivity index (χ0) is 13.9. The highest BCUT2D eigenvalue weighted by Gasteiger charge is 2.42. The highest BCUT2D eigenvalue weighted by molar-refractivity contribution is 8.00. The number of benzene rings is 1. The highest BCUT2D eigenvalue weighted by atomic mass is 32.2. The van der Waals surface area contributed by atoms with Crippen LogP contribution in [0.1, 0.15) is 19.4 Å². The van der Waals surface area contributed by atoms with Crippen LogP contribution in [0.5, 0.6) is 0 Å². The van der Waals surface area contributed by atoms with Crippen LogP contribution in [0, 0.1) is 0 Å². The smallest absolute Gasteiger partial charge is 0.243 e. The van der Waals surface area contributed by atoms with E-state index in [9.17, 15) is 9.59 Å². The van der Waals surface area contributed by atoms with Crippen LogP contribution in [0.3, 0.4) is 0 Å². The molecule has 1 unspecified atom stereocenters. The topological polar surface area (TPSA) is 49.4 Å². The van der Waals surface area contributed by atoms with Gasteiger partial charge < -0.3 is 10.2 Å². The fourth-order valence-corrected chi connectivity index (χ4v) is 3.32. The van der Waals surface area contributed by atoms with E-state index in [4.69, 9.17) is 0 Å².